The molecule has 0 aliphatic heterocycles. The molecule has 0 aliphatic rings. The zero-order chi connectivity index (χ0) is 17.2. The molecule has 0 spiro atoms. The first-order valence-corrected chi connectivity index (χ1v) is 8.12. The molecule has 25 heavy (non-hydrogen) atoms. The van der Waals surface area contributed by atoms with Crippen molar-refractivity contribution in [3.8, 4) is 11.3 Å². The van der Waals surface area contributed by atoms with E-state index in [4.69, 9.17) is 0 Å². The number of benzene rings is 2. The second-order valence-electron chi connectivity index (χ2n) is 5.92. The van der Waals surface area contributed by atoms with E-state index in [0.29, 0.717) is 5.56 Å². The van der Waals surface area contributed by atoms with Crippen LogP contribution in [0.1, 0.15) is 16.1 Å². The van der Waals surface area contributed by atoms with E-state index < -0.39 is 0 Å². The van der Waals surface area contributed by atoms with Crippen LogP contribution < -0.4 is 5.32 Å². The van der Waals surface area contributed by atoms with Crippen LogP contribution in [0.2, 0.25) is 0 Å². The van der Waals surface area contributed by atoms with E-state index in [1.54, 1.807) is 12.1 Å². The van der Waals surface area contributed by atoms with Gasteiger partial charge in [-0.2, -0.15) is 0 Å². The normalized spacial score (nSPS) is 10.8. The van der Waals surface area contributed by atoms with Gasteiger partial charge < -0.3 is 9.72 Å². The molecule has 0 unspecified atom stereocenters. The smallest absolute Gasteiger partial charge is 0.255 e. The summed E-state index contributed by atoms with van der Waals surface area (Å²) >= 11 is 0. The van der Waals surface area contributed by atoms with Crippen LogP contribution in [0.5, 0.6) is 0 Å². The molecule has 4 nitrogen and oxygen atoms in total. The summed E-state index contributed by atoms with van der Waals surface area (Å²) in [7, 11) is 0. The molecule has 0 saturated heterocycles. The van der Waals surface area contributed by atoms with Crippen LogP contribution >= 0.6 is 0 Å². The summed E-state index contributed by atoms with van der Waals surface area (Å²) in [4.78, 5) is 17.0. The van der Waals surface area contributed by atoms with Gasteiger partial charge >= 0.3 is 0 Å². The SMILES string of the molecule is Cc1cccc2nc(-c3cccc(NC(=O)c4ccccc4)c3)cn12. The van der Waals surface area contributed by atoms with Gasteiger partial charge in [0.2, 0.25) is 0 Å². The minimum absolute atomic E-state index is 0.122. The molecule has 0 saturated carbocycles. The van der Waals surface area contributed by atoms with Gasteiger partial charge in [0.25, 0.3) is 5.91 Å². The quantitative estimate of drug-likeness (QED) is 0.599. The van der Waals surface area contributed by atoms with Crippen LogP contribution in [0.25, 0.3) is 16.9 Å². The third-order valence-electron chi connectivity index (χ3n) is 4.15. The van der Waals surface area contributed by atoms with Gasteiger partial charge in [-0.15, -0.1) is 0 Å². The largest absolute Gasteiger partial charge is 0.322 e. The Morgan fingerprint density at radius 1 is 0.960 bits per heavy atom. The highest BCUT2D eigenvalue weighted by molar-refractivity contribution is 6.04. The Morgan fingerprint density at radius 2 is 1.76 bits per heavy atom. The molecule has 0 aliphatic carbocycles. The lowest BCUT2D eigenvalue weighted by Crippen LogP contribution is -2.11. The van der Waals surface area contributed by atoms with E-state index in [0.717, 1.165) is 28.3 Å². The number of aromatic nitrogens is 2. The Bertz CT molecular complexity index is 1050. The van der Waals surface area contributed by atoms with Gasteiger partial charge in [-0.25, -0.2) is 4.98 Å². The topological polar surface area (TPSA) is 46.4 Å². The van der Waals surface area contributed by atoms with Crippen molar-refractivity contribution in [1.82, 2.24) is 9.38 Å². The highest BCUT2D eigenvalue weighted by atomic mass is 16.1. The van der Waals surface area contributed by atoms with E-state index in [2.05, 4.69) is 27.7 Å². The average Bonchev–Trinajstić information content (AvgIpc) is 3.08. The van der Waals surface area contributed by atoms with Crippen LogP contribution in [0, 0.1) is 6.92 Å². The Labute approximate surface area is 145 Å². The lowest BCUT2D eigenvalue weighted by molar-refractivity contribution is 0.102. The van der Waals surface area contributed by atoms with Crippen LogP contribution in [0.4, 0.5) is 5.69 Å². The second kappa shape index (κ2) is 6.24. The summed E-state index contributed by atoms with van der Waals surface area (Å²) < 4.78 is 2.06. The fraction of sp³-hybridized carbons (Fsp3) is 0.0476. The zero-order valence-electron chi connectivity index (χ0n) is 13.8. The van der Waals surface area contributed by atoms with Crippen molar-refractivity contribution in [2.24, 2.45) is 0 Å². The maximum atomic E-state index is 12.3. The van der Waals surface area contributed by atoms with E-state index >= 15 is 0 Å². The van der Waals surface area contributed by atoms with Crippen LogP contribution in [0.3, 0.4) is 0 Å². The molecule has 0 atom stereocenters. The van der Waals surface area contributed by atoms with E-state index in [1.165, 1.54) is 0 Å². The molecule has 2 aromatic carbocycles. The molecule has 0 radical (unpaired) electrons. The maximum Gasteiger partial charge on any atom is 0.255 e. The third-order valence-corrected chi connectivity index (χ3v) is 4.15. The summed E-state index contributed by atoms with van der Waals surface area (Å²) in [5.41, 5.74) is 5.27. The van der Waals surface area contributed by atoms with Crippen molar-refractivity contribution < 1.29 is 4.79 Å². The monoisotopic (exact) mass is 327 g/mol. The van der Waals surface area contributed by atoms with Gasteiger partial charge in [0.05, 0.1) is 5.69 Å². The number of fused-ring (bicyclic) bond motifs is 1. The number of aryl methyl sites for hydroxylation is 1. The molecule has 122 valence electrons. The molecule has 2 aromatic heterocycles. The van der Waals surface area contributed by atoms with Crippen LogP contribution in [-0.2, 0) is 0 Å². The molecule has 2 heterocycles. The Hall–Kier alpha value is -3.40. The maximum absolute atomic E-state index is 12.3. The third kappa shape index (κ3) is 3.02. The number of anilines is 1. The lowest BCUT2D eigenvalue weighted by atomic mass is 10.1. The molecule has 4 rings (SSSR count). The van der Waals surface area contributed by atoms with Crippen molar-refractivity contribution in [3.05, 3.63) is 90.3 Å². The van der Waals surface area contributed by atoms with Gasteiger partial charge in [-0.1, -0.05) is 36.4 Å². The number of imidazole rings is 1. The number of carbonyl (C=O) groups excluding carboxylic acids is 1. The van der Waals surface area contributed by atoms with Gasteiger partial charge in [0, 0.05) is 28.7 Å². The molecular weight excluding hydrogens is 310 g/mol. The predicted octanol–water partition coefficient (Wildman–Crippen LogP) is 4.56. The van der Waals surface area contributed by atoms with Crippen LogP contribution in [0.15, 0.2) is 79.0 Å². The van der Waals surface area contributed by atoms with Crippen LogP contribution in [-0.4, -0.2) is 15.3 Å². The minimum atomic E-state index is -0.122. The van der Waals surface area contributed by atoms with Gasteiger partial charge in [0.15, 0.2) is 0 Å². The summed E-state index contributed by atoms with van der Waals surface area (Å²) in [5.74, 6) is -0.122. The van der Waals surface area contributed by atoms with Crippen molar-refractivity contribution in [2.45, 2.75) is 6.92 Å². The molecule has 0 fully saturated rings. The molecule has 4 heteroatoms. The average molecular weight is 327 g/mol. The van der Waals surface area contributed by atoms with E-state index in [9.17, 15) is 4.79 Å². The predicted molar refractivity (Wildman–Crippen MR) is 99.8 cm³/mol. The summed E-state index contributed by atoms with van der Waals surface area (Å²) in [5, 5.41) is 2.94. The fourth-order valence-electron chi connectivity index (χ4n) is 2.84. The van der Waals surface area contributed by atoms with Gasteiger partial charge in [-0.05, 0) is 43.3 Å². The number of rotatable bonds is 3. The number of hydrogen-bond acceptors (Lipinski definition) is 2. The first kappa shape index (κ1) is 15.1. The van der Waals surface area contributed by atoms with Crippen molar-refractivity contribution in [1.29, 1.82) is 0 Å². The zero-order valence-corrected chi connectivity index (χ0v) is 13.8. The van der Waals surface area contributed by atoms with Gasteiger partial charge in [-0.3, -0.25) is 4.79 Å². The minimum Gasteiger partial charge on any atom is -0.322 e. The number of nitrogens with one attached hydrogen (secondary N) is 1. The number of amides is 1. The van der Waals surface area contributed by atoms with E-state index in [1.807, 2.05) is 60.8 Å². The number of hydrogen-bond donors (Lipinski definition) is 1. The first-order valence-electron chi connectivity index (χ1n) is 8.12. The highest BCUT2D eigenvalue weighted by Gasteiger charge is 2.08. The van der Waals surface area contributed by atoms with Crippen molar-refractivity contribution in [2.75, 3.05) is 5.32 Å². The first-order chi connectivity index (χ1) is 12.2. The Balaban J connectivity index is 1.64. The molecular formula is C21H17N3O. The fourth-order valence-corrected chi connectivity index (χ4v) is 2.84. The molecule has 0 bridgehead atoms. The molecule has 1 N–H and O–H groups in total. The van der Waals surface area contributed by atoms with Crippen molar-refractivity contribution in [3.63, 3.8) is 0 Å². The number of pyridine rings is 1. The molecule has 1 amide bonds. The standard InChI is InChI=1S/C21H17N3O/c1-15-7-5-12-20-23-19(14-24(15)20)17-10-6-11-18(13-17)22-21(25)16-8-3-2-4-9-16/h2-14H,1H3,(H,22,25). The lowest BCUT2D eigenvalue weighted by Gasteiger charge is -2.06. The van der Waals surface area contributed by atoms with Gasteiger partial charge in [0.1, 0.15) is 5.65 Å². The Morgan fingerprint density at radius 3 is 2.56 bits per heavy atom. The highest BCUT2D eigenvalue weighted by Crippen LogP contribution is 2.23. The Kier molecular flexibility index (Phi) is 3.78. The van der Waals surface area contributed by atoms with E-state index in [-0.39, 0.29) is 5.91 Å². The number of carbonyl (C=O) groups is 1. The van der Waals surface area contributed by atoms with Crippen molar-refractivity contribution >= 4 is 17.2 Å². The summed E-state index contributed by atoms with van der Waals surface area (Å²) in [6.45, 7) is 2.05. The second-order valence-corrected chi connectivity index (χ2v) is 5.92. The number of nitrogens with zero attached hydrogens (tertiary/aromatic N) is 2. The molecule has 4 aromatic rings. The summed E-state index contributed by atoms with van der Waals surface area (Å²) in [6, 6.07) is 23.0. The summed E-state index contributed by atoms with van der Waals surface area (Å²) in [6.07, 6.45) is 2.02.